The summed E-state index contributed by atoms with van der Waals surface area (Å²) >= 11 is 1.83. The van der Waals surface area contributed by atoms with E-state index < -0.39 is 0 Å². The minimum Gasteiger partial charge on any atom is -0.329 e. The van der Waals surface area contributed by atoms with E-state index in [9.17, 15) is 0 Å². The van der Waals surface area contributed by atoms with Gasteiger partial charge in [-0.15, -0.1) is 11.8 Å². The monoisotopic (exact) mass is 257 g/mol. The molecule has 1 nitrogen and oxygen atoms in total. The van der Waals surface area contributed by atoms with Gasteiger partial charge in [0.15, 0.2) is 0 Å². The summed E-state index contributed by atoms with van der Waals surface area (Å²) in [6.45, 7) is 4.88. The van der Waals surface area contributed by atoms with E-state index in [4.69, 9.17) is 5.73 Å². The fourth-order valence-electron chi connectivity index (χ4n) is 1.90. The smallest absolute Gasteiger partial charge is 0.0466 e. The summed E-state index contributed by atoms with van der Waals surface area (Å²) in [5, 5.41) is 0.326. The maximum absolute atomic E-state index is 5.91. The van der Waals surface area contributed by atoms with Crippen LogP contribution in [0.1, 0.15) is 21.9 Å². The number of nitrogens with two attached hydrogens (primary N) is 1. The van der Waals surface area contributed by atoms with Crippen LogP contribution in [0.3, 0.4) is 0 Å². The van der Waals surface area contributed by atoms with Gasteiger partial charge in [0.05, 0.1) is 0 Å². The molecule has 2 rings (SSSR count). The van der Waals surface area contributed by atoms with Gasteiger partial charge in [0.25, 0.3) is 0 Å². The summed E-state index contributed by atoms with van der Waals surface area (Å²) in [7, 11) is 0. The zero-order valence-corrected chi connectivity index (χ0v) is 11.7. The van der Waals surface area contributed by atoms with Gasteiger partial charge in [0.1, 0.15) is 0 Å². The van der Waals surface area contributed by atoms with Crippen LogP contribution >= 0.6 is 11.8 Å². The van der Waals surface area contributed by atoms with Crippen LogP contribution in [0.25, 0.3) is 0 Å². The summed E-state index contributed by atoms with van der Waals surface area (Å²) < 4.78 is 0. The lowest BCUT2D eigenvalue weighted by Crippen LogP contribution is -2.09. The summed E-state index contributed by atoms with van der Waals surface area (Å²) in [5.41, 5.74) is 9.80. The Labute approximate surface area is 113 Å². The molecule has 2 N–H and O–H groups in total. The Morgan fingerprint density at radius 3 is 2.33 bits per heavy atom. The average molecular weight is 257 g/mol. The van der Waals surface area contributed by atoms with Crippen molar-refractivity contribution in [3.8, 4) is 0 Å². The summed E-state index contributed by atoms with van der Waals surface area (Å²) in [5.74, 6) is 0. The van der Waals surface area contributed by atoms with Crippen LogP contribution in [-0.4, -0.2) is 6.54 Å². The number of benzene rings is 2. The van der Waals surface area contributed by atoms with E-state index in [1.54, 1.807) is 0 Å². The van der Waals surface area contributed by atoms with Crippen LogP contribution < -0.4 is 5.73 Å². The Morgan fingerprint density at radius 1 is 1.00 bits per heavy atom. The molecule has 0 amide bonds. The lowest BCUT2D eigenvalue weighted by atomic mass is 10.1. The third-order valence-corrected chi connectivity index (χ3v) is 4.22. The molecule has 0 fully saturated rings. The highest BCUT2D eigenvalue weighted by atomic mass is 32.2. The maximum atomic E-state index is 5.91. The Kier molecular flexibility index (Phi) is 4.45. The minimum atomic E-state index is 0.326. The van der Waals surface area contributed by atoms with Crippen molar-refractivity contribution in [2.75, 3.05) is 6.54 Å². The molecule has 94 valence electrons. The second kappa shape index (κ2) is 6.07. The van der Waals surface area contributed by atoms with Crippen molar-refractivity contribution in [3.63, 3.8) is 0 Å². The molecule has 0 saturated carbocycles. The van der Waals surface area contributed by atoms with Crippen molar-refractivity contribution in [2.45, 2.75) is 24.0 Å². The summed E-state index contributed by atoms with van der Waals surface area (Å²) in [4.78, 5) is 1.28. The molecule has 1 unspecified atom stereocenters. The minimum absolute atomic E-state index is 0.326. The number of hydrogen-bond donors (Lipinski definition) is 1. The maximum Gasteiger partial charge on any atom is 0.0466 e. The number of thioether (sulfide) groups is 1. The molecule has 0 aliphatic heterocycles. The molecule has 2 aromatic carbocycles. The molecule has 18 heavy (non-hydrogen) atoms. The predicted octanol–water partition coefficient (Wildman–Crippen LogP) is 4.10. The lowest BCUT2D eigenvalue weighted by Gasteiger charge is -2.15. The molecule has 0 aromatic heterocycles. The fraction of sp³-hybridized carbons (Fsp3) is 0.250. The molecule has 2 aromatic rings. The molecule has 0 heterocycles. The van der Waals surface area contributed by atoms with Crippen molar-refractivity contribution in [1.29, 1.82) is 0 Å². The molecule has 0 saturated heterocycles. The zero-order chi connectivity index (χ0) is 13.0. The van der Waals surface area contributed by atoms with E-state index in [0.29, 0.717) is 11.8 Å². The van der Waals surface area contributed by atoms with Crippen LogP contribution in [0.15, 0.2) is 53.4 Å². The van der Waals surface area contributed by atoms with E-state index in [1.165, 1.54) is 21.6 Å². The fourth-order valence-corrected chi connectivity index (χ4v) is 2.90. The van der Waals surface area contributed by atoms with Crippen molar-refractivity contribution in [2.24, 2.45) is 5.73 Å². The third kappa shape index (κ3) is 3.37. The quantitative estimate of drug-likeness (QED) is 0.835. The van der Waals surface area contributed by atoms with Crippen LogP contribution in [0, 0.1) is 13.8 Å². The highest BCUT2D eigenvalue weighted by Crippen LogP contribution is 2.34. The van der Waals surface area contributed by atoms with Crippen LogP contribution in [0.2, 0.25) is 0 Å². The van der Waals surface area contributed by atoms with Crippen LogP contribution in [0.4, 0.5) is 0 Å². The molecular formula is C16H19NS. The Bertz CT molecular complexity index is 505. The van der Waals surface area contributed by atoms with Crippen molar-refractivity contribution >= 4 is 11.8 Å². The molecule has 0 radical (unpaired) electrons. The second-order valence-corrected chi connectivity index (χ2v) is 5.85. The Balaban J connectivity index is 2.17. The van der Waals surface area contributed by atoms with Gasteiger partial charge in [-0.05, 0) is 31.5 Å². The highest BCUT2D eigenvalue weighted by molar-refractivity contribution is 7.99. The molecule has 0 aliphatic carbocycles. The van der Waals surface area contributed by atoms with Crippen molar-refractivity contribution in [3.05, 3.63) is 65.2 Å². The number of rotatable bonds is 4. The molecule has 0 spiro atoms. The Morgan fingerprint density at radius 2 is 1.72 bits per heavy atom. The van der Waals surface area contributed by atoms with E-state index in [1.807, 2.05) is 11.8 Å². The van der Waals surface area contributed by atoms with E-state index in [-0.39, 0.29) is 0 Å². The van der Waals surface area contributed by atoms with Crippen LogP contribution in [0.5, 0.6) is 0 Å². The number of aryl methyl sites for hydroxylation is 2. The first kappa shape index (κ1) is 13.2. The average Bonchev–Trinajstić information content (AvgIpc) is 2.38. The van der Waals surface area contributed by atoms with Gasteiger partial charge in [-0.25, -0.2) is 0 Å². The molecular weight excluding hydrogens is 238 g/mol. The molecule has 0 bridgehead atoms. The largest absolute Gasteiger partial charge is 0.329 e. The predicted molar refractivity (Wildman–Crippen MR) is 80.0 cm³/mol. The van der Waals surface area contributed by atoms with Gasteiger partial charge in [0.2, 0.25) is 0 Å². The molecule has 1 atom stereocenters. The van der Waals surface area contributed by atoms with Gasteiger partial charge in [-0.1, -0.05) is 47.5 Å². The van der Waals surface area contributed by atoms with E-state index in [2.05, 4.69) is 62.4 Å². The van der Waals surface area contributed by atoms with Gasteiger partial charge in [0, 0.05) is 16.7 Å². The van der Waals surface area contributed by atoms with Gasteiger partial charge >= 0.3 is 0 Å². The SMILES string of the molecule is Cc1ccc(SC(CN)c2cccc(C)c2)cc1. The third-order valence-electron chi connectivity index (χ3n) is 2.93. The first-order valence-electron chi connectivity index (χ1n) is 6.19. The first-order valence-corrected chi connectivity index (χ1v) is 7.07. The van der Waals surface area contributed by atoms with Crippen molar-refractivity contribution in [1.82, 2.24) is 0 Å². The normalized spacial score (nSPS) is 12.4. The highest BCUT2D eigenvalue weighted by Gasteiger charge is 2.11. The standard InChI is InChI=1S/C16H19NS/c1-12-6-8-15(9-7-12)18-16(11-17)14-5-3-4-13(2)10-14/h3-10,16H,11,17H2,1-2H3. The zero-order valence-electron chi connectivity index (χ0n) is 10.9. The molecule has 0 aliphatic rings. The topological polar surface area (TPSA) is 26.0 Å². The summed E-state index contributed by atoms with van der Waals surface area (Å²) in [6.07, 6.45) is 0. The van der Waals surface area contributed by atoms with E-state index >= 15 is 0 Å². The van der Waals surface area contributed by atoms with Gasteiger partial charge in [-0.2, -0.15) is 0 Å². The van der Waals surface area contributed by atoms with E-state index in [0.717, 1.165) is 0 Å². The van der Waals surface area contributed by atoms with Gasteiger partial charge < -0.3 is 5.73 Å². The molecule has 2 heteroatoms. The Hall–Kier alpha value is -1.25. The lowest BCUT2D eigenvalue weighted by molar-refractivity contribution is 0.939. The van der Waals surface area contributed by atoms with Gasteiger partial charge in [-0.3, -0.25) is 0 Å². The first-order chi connectivity index (χ1) is 8.69. The second-order valence-electron chi connectivity index (χ2n) is 4.57. The van der Waals surface area contributed by atoms with Crippen LogP contribution in [-0.2, 0) is 0 Å². The summed E-state index contributed by atoms with van der Waals surface area (Å²) in [6, 6.07) is 17.2. The number of hydrogen-bond acceptors (Lipinski definition) is 2. The van der Waals surface area contributed by atoms with Crippen molar-refractivity contribution < 1.29 is 0 Å².